The van der Waals surface area contributed by atoms with Crippen LogP contribution in [0.2, 0.25) is 0 Å². The molecule has 2 aromatic carbocycles. The molecule has 1 amide bonds. The molecule has 0 atom stereocenters. The lowest BCUT2D eigenvalue weighted by atomic mass is 10.2. The standard InChI is InChI=1S/C18H15N3OS2/c22-17(21-9-10-23-16-8-4-3-7-15(16)21)11-24-18-13-5-1-2-6-14(13)19-12-20-18/h1-8,12H,9-11H2. The highest BCUT2D eigenvalue weighted by atomic mass is 32.2. The van der Waals surface area contributed by atoms with E-state index in [1.807, 2.05) is 47.4 Å². The van der Waals surface area contributed by atoms with Gasteiger partial charge in [0, 0.05) is 22.6 Å². The Hall–Kier alpha value is -2.05. The van der Waals surface area contributed by atoms with Gasteiger partial charge in [-0.3, -0.25) is 4.79 Å². The van der Waals surface area contributed by atoms with Crippen LogP contribution in [0.15, 0.2) is 64.8 Å². The van der Waals surface area contributed by atoms with Crippen LogP contribution in [0.5, 0.6) is 0 Å². The van der Waals surface area contributed by atoms with Crippen molar-refractivity contribution in [2.75, 3.05) is 23.0 Å². The summed E-state index contributed by atoms with van der Waals surface area (Å²) in [6, 6.07) is 16.0. The number of hydrogen-bond donors (Lipinski definition) is 0. The molecule has 0 radical (unpaired) electrons. The summed E-state index contributed by atoms with van der Waals surface area (Å²) in [7, 11) is 0. The Morgan fingerprint density at radius 3 is 2.92 bits per heavy atom. The molecule has 4 rings (SSSR count). The first-order chi connectivity index (χ1) is 11.8. The van der Waals surface area contributed by atoms with Gasteiger partial charge in [0.25, 0.3) is 0 Å². The van der Waals surface area contributed by atoms with E-state index in [-0.39, 0.29) is 5.91 Å². The molecule has 0 spiro atoms. The number of carbonyl (C=O) groups excluding carboxylic acids is 1. The number of carbonyl (C=O) groups is 1. The first-order valence-corrected chi connectivity index (χ1v) is 9.65. The van der Waals surface area contributed by atoms with Crippen molar-refractivity contribution in [1.29, 1.82) is 0 Å². The van der Waals surface area contributed by atoms with Gasteiger partial charge in [0.2, 0.25) is 5.91 Å². The largest absolute Gasteiger partial charge is 0.310 e. The minimum Gasteiger partial charge on any atom is -0.310 e. The zero-order valence-electron chi connectivity index (χ0n) is 12.9. The number of nitrogens with zero attached hydrogens (tertiary/aromatic N) is 3. The van der Waals surface area contributed by atoms with Crippen molar-refractivity contribution >= 4 is 46.0 Å². The van der Waals surface area contributed by atoms with E-state index in [0.29, 0.717) is 5.75 Å². The molecular weight excluding hydrogens is 338 g/mol. The molecule has 24 heavy (non-hydrogen) atoms. The van der Waals surface area contributed by atoms with E-state index in [1.165, 1.54) is 16.7 Å². The van der Waals surface area contributed by atoms with Gasteiger partial charge in [-0.25, -0.2) is 9.97 Å². The molecule has 0 aliphatic carbocycles. The van der Waals surface area contributed by atoms with Crippen molar-refractivity contribution in [1.82, 2.24) is 9.97 Å². The Bertz CT molecular complexity index is 895. The Morgan fingerprint density at radius 1 is 1.12 bits per heavy atom. The van der Waals surface area contributed by atoms with Crippen molar-refractivity contribution in [3.63, 3.8) is 0 Å². The van der Waals surface area contributed by atoms with Gasteiger partial charge in [0.05, 0.1) is 17.0 Å². The molecular formula is C18H15N3OS2. The monoisotopic (exact) mass is 353 g/mol. The number of thioether (sulfide) groups is 2. The van der Waals surface area contributed by atoms with Crippen molar-refractivity contribution < 1.29 is 4.79 Å². The maximum Gasteiger partial charge on any atom is 0.237 e. The average molecular weight is 353 g/mol. The fraction of sp³-hybridized carbons (Fsp3) is 0.167. The lowest BCUT2D eigenvalue weighted by Crippen LogP contribution is -2.36. The van der Waals surface area contributed by atoms with Gasteiger partial charge >= 0.3 is 0 Å². The summed E-state index contributed by atoms with van der Waals surface area (Å²) in [5.41, 5.74) is 1.93. The van der Waals surface area contributed by atoms with Crippen molar-refractivity contribution in [2.24, 2.45) is 0 Å². The lowest BCUT2D eigenvalue weighted by Gasteiger charge is -2.28. The summed E-state index contributed by atoms with van der Waals surface area (Å²) in [6.07, 6.45) is 1.56. The van der Waals surface area contributed by atoms with Gasteiger partial charge in [-0.1, -0.05) is 42.1 Å². The van der Waals surface area contributed by atoms with Crippen LogP contribution in [0.3, 0.4) is 0 Å². The molecule has 1 aliphatic rings. The second kappa shape index (κ2) is 6.83. The van der Waals surface area contributed by atoms with Gasteiger partial charge in [-0.15, -0.1) is 11.8 Å². The van der Waals surface area contributed by atoms with E-state index >= 15 is 0 Å². The molecule has 0 saturated heterocycles. The van der Waals surface area contributed by atoms with Crippen LogP contribution in [0, 0.1) is 0 Å². The molecule has 0 unspecified atom stereocenters. The third-order valence-corrected chi connectivity index (χ3v) is 5.90. The molecule has 0 fully saturated rings. The summed E-state index contributed by atoms with van der Waals surface area (Å²) < 4.78 is 0. The minimum absolute atomic E-state index is 0.121. The lowest BCUT2D eigenvalue weighted by molar-refractivity contribution is -0.116. The first-order valence-electron chi connectivity index (χ1n) is 7.68. The maximum atomic E-state index is 12.7. The van der Waals surface area contributed by atoms with Gasteiger partial charge in [-0.2, -0.15) is 0 Å². The third kappa shape index (κ3) is 2.99. The van der Waals surface area contributed by atoms with E-state index in [2.05, 4.69) is 16.0 Å². The van der Waals surface area contributed by atoms with Crippen molar-refractivity contribution in [3.05, 3.63) is 54.9 Å². The number of aromatic nitrogens is 2. The van der Waals surface area contributed by atoms with E-state index < -0.39 is 0 Å². The van der Waals surface area contributed by atoms with Crippen molar-refractivity contribution in [3.8, 4) is 0 Å². The van der Waals surface area contributed by atoms with Gasteiger partial charge < -0.3 is 4.90 Å². The highest BCUT2D eigenvalue weighted by Gasteiger charge is 2.22. The average Bonchev–Trinajstić information content (AvgIpc) is 2.65. The van der Waals surface area contributed by atoms with E-state index in [1.54, 1.807) is 18.1 Å². The Kier molecular flexibility index (Phi) is 4.40. The van der Waals surface area contributed by atoms with Crippen molar-refractivity contribution in [2.45, 2.75) is 9.92 Å². The zero-order chi connectivity index (χ0) is 16.4. The Balaban J connectivity index is 1.53. The second-order valence-electron chi connectivity index (χ2n) is 5.35. The van der Waals surface area contributed by atoms with Gasteiger partial charge in [-0.05, 0) is 18.2 Å². The topological polar surface area (TPSA) is 46.1 Å². The quantitative estimate of drug-likeness (QED) is 0.528. The molecule has 6 heteroatoms. The van der Waals surface area contributed by atoms with Crippen LogP contribution in [0.1, 0.15) is 0 Å². The fourth-order valence-corrected chi connectivity index (χ4v) is 4.59. The molecule has 0 saturated carbocycles. The number of anilines is 1. The number of para-hydroxylation sites is 2. The fourth-order valence-electron chi connectivity index (χ4n) is 2.73. The van der Waals surface area contributed by atoms with E-state index in [9.17, 15) is 4.79 Å². The van der Waals surface area contributed by atoms with Crippen LogP contribution >= 0.6 is 23.5 Å². The minimum atomic E-state index is 0.121. The molecule has 4 nitrogen and oxygen atoms in total. The second-order valence-corrected chi connectivity index (χ2v) is 7.45. The highest BCUT2D eigenvalue weighted by molar-refractivity contribution is 8.00. The summed E-state index contributed by atoms with van der Waals surface area (Å²) in [4.78, 5) is 24.4. The summed E-state index contributed by atoms with van der Waals surface area (Å²) >= 11 is 3.28. The third-order valence-electron chi connectivity index (χ3n) is 3.87. The van der Waals surface area contributed by atoms with Crippen LogP contribution in [-0.2, 0) is 4.79 Å². The summed E-state index contributed by atoms with van der Waals surface area (Å²) in [5, 5.41) is 1.85. The summed E-state index contributed by atoms with van der Waals surface area (Å²) in [5.74, 6) is 1.43. The van der Waals surface area contributed by atoms with Crippen LogP contribution in [0.25, 0.3) is 10.9 Å². The van der Waals surface area contributed by atoms with Crippen LogP contribution < -0.4 is 4.90 Å². The summed E-state index contributed by atoms with van der Waals surface area (Å²) in [6.45, 7) is 0.756. The predicted octanol–water partition coefficient (Wildman–Crippen LogP) is 3.86. The number of fused-ring (bicyclic) bond motifs is 2. The number of rotatable bonds is 3. The van der Waals surface area contributed by atoms with Gasteiger partial charge in [0.1, 0.15) is 11.4 Å². The van der Waals surface area contributed by atoms with E-state index in [0.717, 1.165) is 33.9 Å². The zero-order valence-corrected chi connectivity index (χ0v) is 14.5. The van der Waals surface area contributed by atoms with Gasteiger partial charge in [0.15, 0.2) is 0 Å². The number of amides is 1. The highest BCUT2D eigenvalue weighted by Crippen LogP contribution is 2.35. The maximum absolute atomic E-state index is 12.7. The molecule has 2 heterocycles. The number of hydrogen-bond acceptors (Lipinski definition) is 5. The Morgan fingerprint density at radius 2 is 1.96 bits per heavy atom. The molecule has 1 aliphatic heterocycles. The molecule has 1 aromatic heterocycles. The molecule has 3 aromatic rings. The van der Waals surface area contributed by atoms with Crippen LogP contribution in [0.4, 0.5) is 5.69 Å². The SMILES string of the molecule is O=C(CSc1ncnc2ccccc12)N1CCSc2ccccc21. The smallest absolute Gasteiger partial charge is 0.237 e. The normalized spacial score (nSPS) is 13.8. The number of benzene rings is 2. The Labute approximate surface area is 148 Å². The molecule has 0 bridgehead atoms. The van der Waals surface area contributed by atoms with Crippen LogP contribution in [-0.4, -0.2) is 33.9 Å². The molecule has 0 N–H and O–H groups in total. The first kappa shape index (κ1) is 15.5. The van der Waals surface area contributed by atoms with E-state index in [4.69, 9.17) is 0 Å². The molecule has 120 valence electrons. The predicted molar refractivity (Wildman–Crippen MR) is 99.8 cm³/mol.